The molecule has 0 saturated carbocycles. The fourth-order valence-corrected chi connectivity index (χ4v) is 3.86. The Labute approximate surface area is 133 Å². The van der Waals surface area contributed by atoms with Crippen LogP contribution >= 0.6 is 0 Å². The first-order valence-electron chi connectivity index (χ1n) is 8.82. The molecule has 6 heteroatoms. The van der Waals surface area contributed by atoms with Gasteiger partial charge in [-0.25, -0.2) is 0 Å². The van der Waals surface area contributed by atoms with Gasteiger partial charge in [-0.3, -0.25) is 10.2 Å². The minimum atomic E-state index is -0.142. The molecule has 3 heterocycles. The van der Waals surface area contributed by atoms with E-state index in [9.17, 15) is 4.79 Å². The summed E-state index contributed by atoms with van der Waals surface area (Å²) in [6.45, 7) is 6.42. The number of nitrogens with zero attached hydrogens (tertiary/aromatic N) is 2. The quantitative estimate of drug-likeness (QED) is 0.700. The molecule has 0 aromatic rings. The normalized spacial score (nSPS) is 29.5. The molecule has 3 fully saturated rings. The highest BCUT2D eigenvalue weighted by atomic mass is 16.2. The van der Waals surface area contributed by atoms with E-state index in [2.05, 4.69) is 22.5 Å². The molecule has 0 unspecified atom stereocenters. The van der Waals surface area contributed by atoms with E-state index in [1.54, 1.807) is 0 Å². The van der Waals surface area contributed by atoms with E-state index < -0.39 is 0 Å². The number of amides is 1. The van der Waals surface area contributed by atoms with Crippen molar-refractivity contribution in [3.8, 4) is 0 Å². The lowest BCUT2D eigenvalue weighted by Gasteiger charge is -2.35. The highest BCUT2D eigenvalue weighted by Gasteiger charge is 2.40. The van der Waals surface area contributed by atoms with Crippen LogP contribution in [0.5, 0.6) is 0 Å². The van der Waals surface area contributed by atoms with Gasteiger partial charge < -0.3 is 20.4 Å². The van der Waals surface area contributed by atoms with E-state index in [4.69, 9.17) is 5.41 Å². The third-order valence-electron chi connectivity index (χ3n) is 5.27. The molecular weight excluding hydrogens is 278 g/mol. The number of rotatable bonds is 5. The van der Waals surface area contributed by atoms with Gasteiger partial charge >= 0.3 is 0 Å². The third-order valence-corrected chi connectivity index (χ3v) is 5.27. The van der Waals surface area contributed by atoms with Crippen LogP contribution in [0.2, 0.25) is 0 Å². The zero-order chi connectivity index (χ0) is 15.5. The average Bonchev–Trinajstić information content (AvgIpc) is 2.81. The van der Waals surface area contributed by atoms with E-state index in [0.29, 0.717) is 18.0 Å². The molecule has 2 atom stereocenters. The van der Waals surface area contributed by atoms with E-state index in [1.807, 2.05) is 4.90 Å². The van der Waals surface area contributed by atoms with Gasteiger partial charge in [-0.1, -0.05) is 13.3 Å². The summed E-state index contributed by atoms with van der Waals surface area (Å²) in [6, 6.07) is 0.545. The van der Waals surface area contributed by atoms with Crippen LogP contribution in [0.15, 0.2) is 0 Å². The van der Waals surface area contributed by atoms with Gasteiger partial charge in [-0.05, 0) is 38.6 Å². The molecule has 22 heavy (non-hydrogen) atoms. The molecule has 0 aliphatic carbocycles. The number of carbonyl (C=O) groups excluding carboxylic acids is 1. The van der Waals surface area contributed by atoms with Gasteiger partial charge in [0.25, 0.3) is 0 Å². The first-order valence-corrected chi connectivity index (χ1v) is 8.82. The molecule has 3 rings (SSSR count). The van der Waals surface area contributed by atoms with E-state index in [0.717, 1.165) is 45.3 Å². The summed E-state index contributed by atoms with van der Waals surface area (Å²) in [5.74, 6) is 0.552. The molecule has 2 bridgehead atoms. The fourth-order valence-electron chi connectivity index (χ4n) is 3.86. The summed E-state index contributed by atoms with van der Waals surface area (Å²) in [5.41, 5.74) is 0. The van der Waals surface area contributed by atoms with Crippen LogP contribution in [0.4, 0.5) is 0 Å². The number of carbonyl (C=O) groups is 1. The number of guanidine groups is 1. The van der Waals surface area contributed by atoms with Gasteiger partial charge in [0.2, 0.25) is 5.91 Å². The van der Waals surface area contributed by atoms with Crippen molar-refractivity contribution in [2.75, 3.05) is 26.2 Å². The van der Waals surface area contributed by atoms with Crippen molar-refractivity contribution < 1.29 is 4.79 Å². The number of nitrogens with one attached hydrogen (secondary N) is 3. The zero-order valence-electron chi connectivity index (χ0n) is 13.6. The topological polar surface area (TPSA) is 71.5 Å². The smallest absolute Gasteiger partial charge is 0.243 e. The molecule has 3 aliphatic rings. The molecule has 0 aromatic carbocycles. The van der Waals surface area contributed by atoms with Crippen molar-refractivity contribution in [3.05, 3.63) is 0 Å². The van der Waals surface area contributed by atoms with Crippen LogP contribution in [-0.4, -0.2) is 66.0 Å². The maximum atomic E-state index is 12.6. The lowest BCUT2D eigenvalue weighted by Crippen LogP contribution is -2.53. The molecule has 1 amide bonds. The van der Waals surface area contributed by atoms with Gasteiger partial charge in [-0.15, -0.1) is 0 Å². The highest BCUT2D eigenvalue weighted by molar-refractivity contribution is 5.89. The number of hydrogen-bond donors (Lipinski definition) is 3. The monoisotopic (exact) mass is 307 g/mol. The summed E-state index contributed by atoms with van der Waals surface area (Å²) < 4.78 is 0. The van der Waals surface area contributed by atoms with Crippen molar-refractivity contribution in [1.82, 2.24) is 20.4 Å². The first-order chi connectivity index (χ1) is 10.7. The number of hydrogen-bond acceptors (Lipinski definition) is 3. The second-order valence-corrected chi connectivity index (χ2v) is 6.91. The Kier molecular flexibility index (Phi) is 4.86. The minimum absolute atomic E-state index is 0.124. The molecule has 0 spiro atoms. The molecule has 6 nitrogen and oxygen atoms in total. The maximum Gasteiger partial charge on any atom is 0.243 e. The summed E-state index contributed by atoms with van der Waals surface area (Å²) in [6.07, 6.45) is 6.48. The van der Waals surface area contributed by atoms with Crippen LogP contribution in [0.1, 0.15) is 45.4 Å². The second kappa shape index (κ2) is 6.86. The van der Waals surface area contributed by atoms with Crippen molar-refractivity contribution in [2.24, 2.45) is 0 Å². The van der Waals surface area contributed by atoms with Crippen LogP contribution in [0, 0.1) is 5.41 Å². The molecule has 3 saturated heterocycles. The van der Waals surface area contributed by atoms with Crippen LogP contribution in [-0.2, 0) is 4.79 Å². The summed E-state index contributed by atoms with van der Waals surface area (Å²) in [7, 11) is 0. The number of unbranched alkanes of at least 4 members (excludes halogenated alkanes) is 1. The molecule has 0 aromatic heterocycles. The van der Waals surface area contributed by atoms with Gasteiger partial charge in [-0.2, -0.15) is 0 Å². The van der Waals surface area contributed by atoms with Crippen LogP contribution in [0.25, 0.3) is 0 Å². The van der Waals surface area contributed by atoms with Crippen molar-refractivity contribution in [1.29, 1.82) is 5.41 Å². The Morgan fingerprint density at radius 3 is 2.82 bits per heavy atom. The predicted octanol–water partition coefficient (Wildman–Crippen LogP) is 0.738. The first kappa shape index (κ1) is 15.6. The third kappa shape index (κ3) is 3.37. The van der Waals surface area contributed by atoms with E-state index >= 15 is 0 Å². The number of likely N-dealkylation sites (tertiary alicyclic amines) is 1. The van der Waals surface area contributed by atoms with Crippen molar-refractivity contribution in [3.63, 3.8) is 0 Å². The molecular formula is C16H29N5O. The SMILES string of the molecule is CCCCN1CCC(NC(=O)[C@@H]2CC[C@@H]3CN2C(=N)N3)CC1. The Bertz CT molecular complexity index is 419. The molecule has 3 aliphatic heterocycles. The summed E-state index contributed by atoms with van der Waals surface area (Å²) in [4.78, 5) is 17.0. The van der Waals surface area contributed by atoms with Crippen LogP contribution in [0.3, 0.4) is 0 Å². The van der Waals surface area contributed by atoms with E-state index in [-0.39, 0.29) is 11.9 Å². The largest absolute Gasteiger partial charge is 0.352 e. The highest BCUT2D eigenvalue weighted by Crippen LogP contribution is 2.23. The average molecular weight is 307 g/mol. The Balaban J connectivity index is 1.45. The van der Waals surface area contributed by atoms with Gasteiger partial charge in [0.15, 0.2) is 5.96 Å². The second-order valence-electron chi connectivity index (χ2n) is 6.91. The Morgan fingerprint density at radius 2 is 2.09 bits per heavy atom. The number of fused-ring (bicyclic) bond motifs is 2. The van der Waals surface area contributed by atoms with E-state index in [1.165, 1.54) is 19.4 Å². The standard InChI is InChI=1S/C16H29N5O/c1-2-3-8-20-9-6-12(7-10-20)18-15(22)14-5-4-13-11-21(14)16(17)19-13/h12-14H,2-11H2,1H3,(H2,17,19)(H,18,22)/t13-,14+/m1/s1. The van der Waals surface area contributed by atoms with Gasteiger partial charge in [0, 0.05) is 31.7 Å². The summed E-state index contributed by atoms with van der Waals surface area (Å²) in [5, 5.41) is 14.3. The predicted molar refractivity (Wildman–Crippen MR) is 86.9 cm³/mol. The van der Waals surface area contributed by atoms with Gasteiger partial charge in [0.1, 0.15) is 6.04 Å². The Hall–Kier alpha value is -1.30. The van der Waals surface area contributed by atoms with Crippen LogP contribution < -0.4 is 10.6 Å². The lowest BCUT2D eigenvalue weighted by molar-refractivity contribution is -0.126. The number of piperidine rings is 2. The maximum absolute atomic E-state index is 12.6. The van der Waals surface area contributed by atoms with Crippen molar-refractivity contribution >= 4 is 11.9 Å². The minimum Gasteiger partial charge on any atom is -0.352 e. The van der Waals surface area contributed by atoms with Gasteiger partial charge in [0.05, 0.1) is 0 Å². The molecule has 124 valence electrons. The lowest BCUT2D eigenvalue weighted by atomic mass is 9.99. The summed E-state index contributed by atoms with van der Waals surface area (Å²) >= 11 is 0. The fraction of sp³-hybridized carbons (Fsp3) is 0.875. The zero-order valence-corrected chi connectivity index (χ0v) is 13.6. The molecule has 3 N–H and O–H groups in total. The Morgan fingerprint density at radius 1 is 1.32 bits per heavy atom. The van der Waals surface area contributed by atoms with Crippen molar-refractivity contribution in [2.45, 2.75) is 63.6 Å². The molecule has 0 radical (unpaired) electrons.